The lowest BCUT2D eigenvalue weighted by Gasteiger charge is -2.21. The molecule has 0 bridgehead atoms. The van der Waals surface area contributed by atoms with Gasteiger partial charge in [0.25, 0.3) is 10.0 Å². The van der Waals surface area contributed by atoms with Crippen LogP contribution in [0, 0.1) is 12.8 Å². The summed E-state index contributed by atoms with van der Waals surface area (Å²) in [6, 6.07) is 6.43. The van der Waals surface area contributed by atoms with E-state index in [9.17, 15) is 13.2 Å². The number of nitrogens with one attached hydrogen (secondary N) is 2. The number of benzene rings is 1. The van der Waals surface area contributed by atoms with Gasteiger partial charge in [-0.1, -0.05) is 17.7 Å². The number of hydrogen-bond donors (Lipinski definition) is 2. The molecule has 2 rings (SSSR count). The highest BCUT2D eigenvalue weighted by molar-refractivity contribution is 7.90. The molecule has 1 atom stereocenters. The van der Waals surface area contributed by atoms with Gasteiger partial charge in [0.05, 0.1) is 10.8 Å². The van der Waals surface area contributed by atoms with Crippen molar-refractivity contribution in [2.75, 3.05) is 13.1 Å². The minimum absolute atomic E-state index is 0.121. The summed E-state index contributed by atoms with van der Waals surface area (Å²) < 4.78 is 26.2. The molecule has 19 heavy (non-hydrogen) atoms. The summed E-state index contributed by atoms with van der Waals surface area (Å²) in [6.45, 7) is 3.30. The zero-order valence-electron chi connectivity index (χ0n) is 10.8. The van der Waals surface area contributed by atoms with Gasteiger partial charge < -0.3 is 5.32 Å². The molecular formula is C13H18N2O3S. The monoisotopic (exact) mass is 282 g/mol. The average molecular weight is 282 g/mol. The van der Waals surface area contributed by atoms with E-state index in [0.717, 1.165) is 24.9 Å². The second-order valence-corrected chi connectivity index (χ2v) is 6.51. The van der Waals surface area contributed by atoms with Gasteiger partial charge in [-0.25, -0.2) is 13.1 Å². The van der Waals surface area contributed by atoms with Gasteiger partial charge in [-0.2, -0.15) is 0 Å². The molecule has 1 unspecified atom stereocenters. The van der Waals surface area contributed by atoms with Crippen molar-refractivity contribution in [2.24, 2.45) is 5.92 Å². The number of amides is 1. The van der Waals surface area contributed by atoms with Crippen molar-refractivity contribution in [3.05, 3.63) is 29.8 Å². The van der Waals surface area contributed by atoms with Gasteiger partial charge >= 0.3 is 0 Å². The fraction of sp³-hybridized carbons (Fsp3) is 0.462. The van der Waals surface area contributed by atoms with Crippen molar-refractivity contribution in [3.63, 3.8) is 0 Å². The van der Waals surface area contributed by atoms with Crippen molar-refractivity contribution < 1.29 is 13.2 Å². The van der Waals surface area contributed by atoms with Crippen LogP contribution in [0.5, 0.6) is 0 Å². The number of piperidine rings is 1. The van der Waals surface area contributed by atoms with Crippen LogP contribution in [0.2, 0.25) is 0 Å². The number of carbonyl (C=O) groups excluding carboxylic acids is 1. The molecule has 0 aliphatic carbocycles. The molecule has 1 amide bonds. The first-order valence-corrected chi connectivity index (χ1v) is 7.81. The molecule has 104 valence electrons. The maximum Gasteiger partial charge on any atom is 0.264 e. The highest BCUT2D eigenvalue weighted by Gasteiger charge is 2.25. The number of sulfonamides is 1. The van der Waals surface area contributed by atoms with Crippen molar-refractivity contribution in [2.45, 2.75) is 24.7 Å². The van der Waals surface area contributed by atoms with Gasteiger partial charge in [0.2, 0.25) is 5.91 Å². The van der Waals surface area contributed by atoms with Crippen LogP contribution in [0.25, 0.3) is 0 Å². The Morgan fingerprint density at radius 1 is 1.32 bits per heavy atom. The topological polar surface area (TPSA) is 75.3 Å². The predicted molar refractivity (Wildman–Crippen MR) is 72.1 cm³/mol. The second-order valence-electron chi connectivity index (χ2n) is 4.83. The average Bonchev–Trinajstić information content (AvgIpc) is 2.40. The molecule has 1 aliphatic heterocycles. The largest absolute Gasteiger partial charge is 0.316 e. The summed E-state index contributed by atoms with van der Waals surface area (Å²) in [5.74, 6) is -0.693. The highest BCUT2D eigenvalue weighted by atomic mass is 32.2. The zero-order chi connectivity index (χ0) is 13.9. The van der Waals surface area contributed by atoms with Crippen LogP contribution in [-0.4, -0.2) is 27.4 Å². The van der Waals surface area contributed by atoms with Gasteiger partial charge in [0.15, 0.2) is 0 Å². The molecule has 0 radical (unpaired) electrons. The Balaban J connectivity index is 2.08. The van der Waals surface area contributed by atoms with E-state index in [1.165, 1.54) is 12.1 Å². The summed E-state index contributed by atoms with van der Waals surface area (Å²) in [5, 5.41) is 3.09. The lowest BCUT2D eigenvalue weighted by molar-refractivity contribution is -0.123. The summed E-state index contributed by atoms with van der Waals surface area (Å²) in [7, 11) is -3.75. The normalized spacial score (nSPS) is 19.9. The van der Waals surface area contributed by atoms with Gasteiger partial charge in [-0.15, -0.1) is 0 Å². The van der Waals surface area contributed by atoms with E-state index in [1.54, 1.807) is 12.1 Å². The molecule has 1 fully saturated rings. The summed E-state index contributed by atoms with van der Waals surface area (Å²) >= 11 is 0. The molecule has 0 spiro atoms. The Bertz CT molecular complexity index is 546. The lowest BCUT2D eigenvalue weighted by atomic mass is 9.99. The third-order valence-electron chi connectivity index (χ3n) is 3.23. The molecular weight excluding hydrogens is 264 g/mol. The number of carbonyl (C=O) groups is 1. The molecule has 6 heteroatoms. The highest BCUT2D eigenvalue weighted by Crippen LogP contribution is 2.13. The van der Waals surface area contributed by atoms with E-state index in [2.05, 4.69) is 10.0 Å². The predicted octanol–water partition coefficient (Wildman–Crippen LogP) is 0.800. The van der Waals surface area contributed by atoms with Crippen LogP contribution in [0.1, 0.15) is 18.4 Å². The van der Waals surface area contributed by atoms with Gasteiger partial charge in [0.1, 0.15) is 0 Å². The van der Waals surface area contributed by atoms with E-state index in [1.807, 2.05) is 6.92 Å². The first kappa shape index (κ1) is 14.0. The quantitative estimate of drug-likeness (QED) is 0.860. The van der Waals surface area contributed by atoms with E-state index >= 15 is 0 Å². The van der Waals surface area contributed by atoms with Crippen LogP contribution < -0.4 is 10.0 Å². The number of rotatable bonds is 3. The molecule has 2 N–H and O–H groups in total. The van der Waals surface area contributed by atoms with Crippen LogP contribution in [0.3, 0.4) is 0 Å². The minimum atomic E-state index is -3.75. The van der Waals surface area contributed by atoms with Crippen LogP contribution in [0.4, 0.5) is 0 Å². The zero-order valence-corrected chi connectivity index (χ0v) is 11.7. The van der Waals surface area contributed by atoms with E-state index in [4.69, 9.17) is 0 Å². The molecule has 1 heterocycles. The van der Waals surface area contributed by atoms with E-state index in [0.29, 0.717) is 6.54 Å². The Morgan fingerprint density at radius 2 is 2.00 bits per heavy atom. The Kier molecular flexibility index (Phi) is 4.21. The third-order valence-corrected chi connectivity index (χ3v) is 4.60. The Morgan fingerprint density at radius 3 is 2.58 bits per heavy atom. The summed E-state index contributed by atoms with van der Waals surface area (Å²) in [5.41, 5.74) is 0.974. The summed E-state index contributed by atoms with van der Waals surface area (Å²) in [4.78, 5) is 12.0. The van der Waals surface area contributed by atoms with Gasteiger partial charge in [-0.3, -0.25) is 4.79 Å². The fourth-order valence-electron chi connectivity index (χ4n) is 2.07. The van der Waals surface area contributed by atoms with Gasteiger partial charge in [0, 0.05) is 6.54 Å². The van der Waals surface area contributed by atoms with E-state index in [-0.39, 0.29) is 10.8 Å². The van der Waals surface area contributed by atoms with Crippen LogP contribution in [-0.2, 0) is 14.8 Å². The molecule has 0 saturated carbocycles. The summed E-state index contributed by atoms with van der Waals surface area (Å²) in [6.07, 6.45) is 1.62. The number of aryl methyl sites for hydroxylation is 1. The minimum Gasteiger partial charge on any atom is -0.316 e. The lowest BCUT2D eigenvalue weighted by Crippen LogP contribution is -2.42. The smallest absolute Gasteiger partial charge is 0.264 e. The van der Waals surface area contributed by atoms with Crippen molar-refractivity contribution in [3.8, 4) is 0 Å². The number of hydrogen-bond acceptors (Lipinski definition) is 4. The van der Waals surface area contributed by atoms with Crippen molar-refractivity contribution in [1.82, 2.24) is 10.0 Å². The maximum atomic E-state index is 12.0. The van der Waals surface area contributed by atoms with Crippen molar-refractivity contribution in [1.29, 1.82) is 0 Å². The fourth-order valence-corrected chi connectivity index (χ4v) is 3.11. The van der Waals surface area contributed by atoms with Gasteiger partial charge in [-0.05, 0) is 38.4 Å². The molecule has 1 aromatic carbocycles. The van der Waals surface area contributed by atoms with E-state index < -0.39 is 15.9 Å². The molecule has 1 aromatic rings. The standard InChI is InChI=1S/C13H18N2O3S/c1-10-4-6-12(7-5-10)19(17,18)15-13(16)11-3-2-8-14-9-11/h4-7,11,14H,2-3,8-9H2,1H3,(H,15,16). The molecule has 1 saturated heterocycles. The molecule has 1 aliphatic rings. The van der Waals surface area contributed by atoms with Crippen LogP contribution in [0.15, 0.2) is 29.2 Å². The van der Waals surface area contributed by atoms with Crippen molar-refractivity contribution >= 4 is 15.9 Å². The third kappa shape index (κ3) is 3.54. The van der Waals surface area contributed by atoms with Crippen LogP contribution >= 0.6 is 0 Å². The SMILES string of the molecule is Cc1ccc(S(=O)(=O)NC(=O)C2CCCNC2)cc1. The second kappa shape index (κ2) is 5.71. The molecule has 0 aromatic heterocycles. The molecule has 5 nitrogen and oxygen atoms in total. The first-order chi connectivity index (χ1) is 8.99. The maximum absolute atomic E-state index is 12.0. The Hall–Kier alpha value is -1.40. The first-order valence-electron chi connectivity index (χ1n) is 6.33. The Labute approximate surface area is 113 Å².